The third kappa shape index (κ3) is 2.08. The maximum atomic E-state index is 10.2. The molecule has 0 unspecified atom stereocenters. The van der Waals surface area contributed by atoms with Gasteiger partial charge in [-0.1, -0.05) is 0 Å². The largest absolute Gasteiger partial charge is 0 e. The van der Waals surface area contributed by atoms with E-state index in [2.05, 4.69) is 20.0 Å². The average molecular weight is 239 g/mol. The van der Waals surface area contributed by atoms with E-state index in [1.807, 2.05) is 0 Å². The summed E-state index contributed by atoms with van der Waals surface area (Å²) in [5, 5.41) is 0. The average Bonchev–Trinajstić information content (AvgIpc) is 2.30. The van der Waals surface area contributed by atoms with Gasteiger partial charge in [0, 0.05) is 16.5 Å². The number of carbonyl (C=O) groups excluding carboxylic acids is 1. The van der Waals surface area contributed by atoms with Crippen molar-refractivity contribution in [3.8, 4) is 0 Å². The minimum absolute atomic E-state index is 0. The number of hydrogen-bond donors (Lipinski definition) is 0. The Bertz CT molecular complexity index is 270. The summed E-state index contributed by atoms with van der Waals surface area (Å²) in [6.07, 6.45) is 3.29. The van der Waals surface area contributed by atoms with Crippen molar-refractivity contribution in [2.24, 2.45) is 7.05 Å². The van der Waals surface area contributed by atoms with Crippen molar-refractivity contribution in [1.29, 1.82) is 0 Å². The number of rotatable bonds is 2. The molecule has 1 heterocycles. The maximum Gasteiger partial charge on any atom is 0 e. The quantitative estimate of drug-likeness (QED) is 0.518. The summed E-state index contributed by atoms with van der Waals surface area (Å²) in [4.78, 5) is 15.5. The molecule has 0 N–H and O–H groups in total. The second-order valence-corrected chi connectivity index (χ2v) is 2.07. The van der Waals surface area contributed by atoms with Gasteiger partial charge in [-0.15, -0.1) is 0 Å². The fourth-order valence-corrected chi connectivity index (χ4v) is 0.848. The number of aromatic nitrogens is 2. The minimum Gasteiger partial charge on any atom is 0 e. The fraction of sp³-hybridized carbons (Fsp3) is 0.167. The van der Waals surface area contributed by atoms with Gasteiger partial charge in [0.25, 0.3) is 0 Å². The van der Waals surface area contributed by atoms with Crippen molar-refractivity contribution in [3.63, 3.8) is 0 Å². The van der Waals surface area contributed by atoms with Crippen molar-refractivity contribution in [3.05, 3.63) is 17.7 Å². The molecule has 0 aliphatic heterocycles. The Kier molecular flexibility index (Phi) is 4.47. The van der Waals surface area contributed by atoms with Gasteiger partial charge in [0.2, 0.25) is 0 Å². The van der Waals surface area contributed by atoms with E-state index in [1.165, 1.54) is 11.3 Å². The molecule has 3 nitrogen and oxygen atoms in total. The Hall–Kier alpha value is -0.263. The molecule has 11 heavy (non-hydrogen) atoms. The van der Waals surface area contributed by atoms with Gasteiger partial charge in [-0.05, 0) is 0 Å². The first kappa shape index (κ1) is 10.7. The molecule has 0 atom stereocenters. The van der Waals surface area contributed by atoms with Crippen LogP contribution in [0.4, 0.5) is 0 Å². The number of imidazole rings is 1. The van der Waals surface area contributed by atoms with Crippen LogP contribution < -0.4 is 0 Å². The van der Waals surface area contributed by atoms with Crippen LogP contribution in [0.5, 0.6) is 0 Å². The smallest absolute Gasteiger partial charge is 0 e. The van der Waals surface area contributed by atoms with Gasteiger partial charge in [0.15, 0.2) is 0 Å². The molecule has 0 spiro atoms. The molecule has 0 bridgehead atoms. The molecule has 0 aliphatic carbocycles. The zero-order chi connectivity index (χ0) is 7.56. The Morgan fingerprint density at radius 1 is 1.82 bits per heavy atom. The van der Waals surface area contributed by atoms with Crippen molar-refractivity contribution in [1.82, 2.24) is 9.55 Å². The third-order valence-corrected chi connectivity index (χ3v) is 1.42. The molecule has 0 aliphatic rings. The summed E-state index contributed by atoms with van der Waals surface area (Å²) in [5.41, 5.74) is 0.934. The van der Waals surface area contributed by atoms with Crippen molar-refractivity contribution in [2.75, 3.05) is 0 Å². The van der Waals surface area contributed by atoms with Crippen LogP contribution in [-0.4, -0.2) is 20.8 Å². The van der Waals surface area contributed by atoms with E-state index in [0.717, 1.165) is 0 Å². The number of nitrogens with zero attached hydrogens (tertiary/aromatic N) is 2. The zero-order valence-electron chi connectivity index (χ0n) is 5.59. The Balaban J connectivity index is 0.000001000. The molecule has 0 fully saturated rings. The predicted molar refractivity (Wildman–Crippen MR) is 33.2 cm³/mol. The van der Waals surface area contributed by atoms with Gasteiger partial charge >= 0.3 is 65.4 Å². The summed E-state index contributed by atoms with van der Waals surface area (Å²) in [7, 11) is 1.72. The van der Waals surface area contributed by atoms with E-state index in [9.17, 15) is 4.79 Å². The summed E-state index contributed by atoms with van der Waals surface area (Å²) in [5.74, 6) is 0. The molecular weight excluding hydrogens is 233 g/mol. The van der Waals surface area contributed by atoms with Crippen LogP contribution in [0, 0.1) is 0 Å². The van der Waals surface area contributed by atoms with Crippen molar-refractivity contribution in [2.45, 2.75) is 0 Å². The van der Waals surface area contributed by atoms with E-state index < -0.39 is 0 Å². The van der Waals surface area contributed by atoms with E-state index in [4.69, 9.17) is 0 Å². The van der Waals surface area contributed by atoms with Crippen LogP contribution in [0.2, 0.25) is 0 Å². The molecular formula is C6H5N2Ni2O-. The van der Waals surface area contributed by atoms with E-state index >= 15 is 0 Å². The van der Waals surface area contributed by atoms with Gasteiger partial charge in [-0.2, -0.15) is 0 Å². The molecule has 5 heteroatoms. The molecule has 0 aromatic carbocycles. The zero-order valence-corrected chi connectivity index (χ0v) is 7.57. The van der Waals surface area contributed by atoms with E-state index in [0.29, 0.717) is 11.4 Å². The molecule has 0 amide bonds. The molecule has 0 saturated heterocycles. The van der Waals surface area contributed by atoms with Crippen LogP contribution in [0.15, 0.2) is 6.33 Å². The number of aryl methyl sites for hydroxylation is 1. The van der Waals surface area contributed by atoms with E-state index in [1.54, 1.807) is 17.9 Å². The first-order chi connectivity index (χ1) is 4.79. The van der Waals surface area contributed by atoms with E-state index in [-0.39, 0.29) is 16.5 Å². The van der Waals surface area contributed by atoms with Gasteiger partial charge in [0.1, 0.15) is 0 Å². The Morgan fingerprint density at radius 3 is 2.82 bits per heavy atom. The summed E-state index contributed by atoms with van der Waals surface area (Å²) < 4.78 is 1.58. The fourth-order valence-electron chi connectivity index (χ4n) is 0.639. The van der Waals surface area contributed by atoms with Gasteiger partial charge < -0.3 is 0 Å². The van der Waals surface area contributed by atoms with Gasteiger partial charge in [-0.3, -0.25) is 0 Å². The Labute approximate surface area is 82.0 Å². The second-order valence-electron chi connectivity index (χ2n) is 1.78. The predicted octanol–water partition coefficient (Wildman–Crippen LogP) is -0.427. The van der Waals surface area contributed by atoms with Crippen molar-refractivity contribution >= 4 is 11.3 Å². The molecule has 1 rings (SSSR count). The topological polar surface area (TPSA) is 34.9 Å². The van der Waals surface area contributed by atoms with Crippen LogP contribution >= 0.6 is 0 Å². The Morgan fingerprint density at radius 2 is 2.45 bits per heavy atom. The standard InChI is InChI=1S/C6H5N2O.2Ni/c1-5-6(3-9)8(2)4-7-5;;/h1,4H,2H3;;/q-1;;. The van der Waals surface area contributed by atoms with Crippen LogP contribution in [-0.2, 0) is 43.4 Å². The van der Waals surface area contributed by atoms with Crippen LogP contribution in [0.1, 0.15) is 11.4 Å². The number of hydrogen-bond acceptors (Lipinski definition) is 2. The first-order valence-electron chi connectivity index (χ1n) is 2.59. The van der Waals surface area contributed by atoms with Gasteiger partial charge in [0.05, 0.1) is 0 Å². The minimum atomic E-state index is 0. The molecule has 66 valence electrons. The van der Waals surface area contributed by atoms with Crippen LogP contribution in [0.3, 0.4) is 0 Å². The van der Waals surface area contributed by atoms with Crippen LogP contribution in [0.25, 0.3) is 0 Å². The van der Waals surface area contributed by atoms with Crippen molar-refractivity contribution < 1.29 is 36.3 Å². The summed E-state index contributed by atoms with van der Waals surface area (Å²) >= 11 is 4.33. The first-order valence-corrected chi connectivity index (χ1v) is 3.16. The normalized spacial score (nSPS) is 8.64. The SMILES string of the molecule is Cn1cnc([CH]=[Ni])c1[C-]=O.[Ni]. The third-order valence-electron chi connectivity index (χ3n) is 1.15. The molecule has 1 aromatic rings. The van der Waals surface area contributed by atoms with Gasteiger partial charge in [-0.25, -0.2) is 0 Å². The molecule has 1 aromatic heterocycles. The molecule has 0 radical (unpaired) electrons. The second kappa shape index (κ2) is 4.58. The summed E-state index contributed by atoms with van der Waals surface area (Å²) in [6, 6.07) is 0. The maximum absolute atomic E-state index is 10.2. The monoisotopic (exact) mass is 237 g/mol. The molecule has 0 saturated carbocycles. The summed E-state index contributed by atoms with van der Waals surface area (Å²) in [6.45, 7) is 0.